The second-order valence-electron chi connectivity index (χ2n) is 2.81. The molecule has 1 aromatic rings. The highest BCUT2D eigenvalue weighted by Gasteiger charge is 2.59. The minimum atomic E-state index is -5.68. The predicted molar refractivity (Wildman–Crippen MR) is 41.8 cm³/mol. The van der Waals surface area contributed by atoms with E-state index in [1.807, 2.05) is 0 Å². The first kappa shape index (κ1) is 12.7. The van der Waals surface area contributed by atoms with Crippen molar-refractivity contribution in [1.29, 1.82) is 0 Å². The van der Waals surface area contributed by atoms with Crippen molar-refractivity contribution in [2.24, 2.45) is 0 Å². The largest absolute Gasteiger partial charge is 0.439 e. The maximum atomic E-state index is 12.7. The van der Waals surface area contributed by atoms with Gasteiger partial charge in [-0.2, -0.15) is 22.0 Å². The van der Waals surface area contributed by atoms with E-state index in [0.29, 0.717) is 0 Å². The number of rotatable bonds is 3. The van der Waals surface area contributed by atoms with Crippen molar-refractivity contribution in [1.82, 2.24) is 0 Å². The summed E-state index contributed by atoms with van der Waals surface area (Å²) in [5.41, 5.74) is 0. The topological polar surface area (TPSA) is 9.23 Å². The molecule has 89 valence electrons. The molecule has 0 spiro atoms. The Morgan fingerprint density at radius 1 is 1.19 bits per heavy atom. The zero-order valence-electron chi connectivity index (χ0n) is 7.56. The maximum absolute atomic E-state index is 12.7. The Hall–Kier alpha value is -1.40. The molecule has 0 fully saturated rings. The average Bonchev–Trinajstić information content (AvgIpc) is 2.16. The van der Waals surface area contributed by atoms with Gasteiger partial charge in [-0.15, -0.1) is 0 Å². The lowest BCUT2D eigenvalue weighted by Crippen LogP contribution is -2.45. The molecule has 1 atom stereocenters. The third-order valence-corrected chi connectivity index (χ3v) is 1.51. The van der Waals surface area contributed by atoms with Crippen LogP contribution >= 0.6 is 0 Å². The summed E-state index contributed by atoms with van der Waals surface area (Å²) in [4.78, 5) is 0. The fourth-order valence-electron chi connectivity index (χ4n) is 0.840. The molecule has 0 heterocycles. The fraction of sp³-hybridized carbons (Fsp3) is 0.333. The molecular formula is C9H5F6O. The van der Waals surface area contributed by atoms with Crippen molar-refractivity contribution < 1.29 is 31.1 Å². The van der Waals surface area contributed by atoms with Gasteiger partial charge >= 0.3 is 12.3 Å². The van der Waals surface area contributed by atoms with E-state index in [9.17, 15) is 26.3 Å². The van der Waals surface area contributed by atoms with Crippen LogP contribution < -0.4 is 4.74 Å². The molecule has 0 N–H and O–H groups in total. The maximum Gasteiger partial charge on any atom is 0.439 e. The van der Waals surface area contributed by atoms with Gasteiger partial charge in [-0.1, -0.05) is 12.1 Å². The van der Waals surface area contributed by atoms with Crippen molar-refractivity contribution in [2.75, 3.05) is 0 Å². The van der Waals surface area contributed by atoms with E-state index >= 15 is 0 Å². The van der Waals surface area contributed by atoms with Gasteiger partial charge in [0.15, 0.2) is 0 Å². The van der Waals surface area contributed by atoms with Gasteiger partial charge in [0, 0.05) is 0 Å². The van der Waals surface area contributed by atoms with Crippen LogP contribution in [0.25, 0.3) is 0 Å². The summed E-state index contributed by atoms with van der Waals surface area (Å²) < 4.78 is 76.4. The molecule has 7 heteroatoms. The smallest absolute Gasteiger partial charge is 0.430 e. The lowest BCUT2D eigenvalue weighted by molar-refractivity contribution is -0.304. The molecule has 1 unspecified atom stereocenters. The van der Waals surface area contributed by atoms with Crippen LogP contribution in [0, 0.1) is 6.07 Å². The first-order chi connectivity index (χ1) is 7.23. The molecule has 0 aromatic heterocycles. The monoisotopic (exact) mass is 243 g/mol. The van der Waals surface area contributed by atoms with E-state index in [4.69, 9.17) is 0 Å². The molecule has 1 radical (unpaired) electrons. The predicted octanol–water partition coefficient (Wildman–Crippen LogP) is 3.36. The van der Waals surface area contributed by atoms with Crippen LogP contribution in [-0.2, 0) is 0 Å². The second kappa shape index (κ2) is 4.23. The summed E-state index contributed by atoms with van der Waals surface area (Å²) in [5, 5.41) is 0. The number of alkyl halides is 6. The highest BCUT2D eigenvalue weighted by Crippen LogP contribution is 2.36. The first-order valence-electron chi connectivity index (χ1n) is 3.97. The molecule has 1 aromatic carbocycles. The Bertz CT molecular complexity index is 334. The lowest BCUT2D eigenvalue weighted by Gasteiger charge is -2.22. The molecule has 0 aliphatic heterocycles. The van der Waals surface area contributed by atoms with Gasteiger partial charge < -0.3 is 4.74 Å². The Kier molecular flexibility index (Phi) is 3.35. The Morgan fingerprint density at radius 2 is 1.81 bits per heavy atom. The second-order valence-corrected chi connectivity index (χ2v) is 2.81. The normalized spacial score (nSPS) is 14.6. The van der Waals surface area contributed by atoms with Gasteiger partial charge in [0.1, 0.15) is 5.75 Å². The Balaban J connectivity index is 2.80. The van der Waals surface area contributed by atoms with Crippen LogP contribution in [0.15, 0.2) is 24.3 Å². The summed E-state index contributed by atoms with van der Waals surface area (Å²) >= 11 is 0. The molecule has 1 rings (SSSR count). The molecule has 0 amide bonds. The van der Waals surface area contributed by atoms with Crippen LogP contribution in [0.4, 0.5) is 26.3 Å². The van der Waals surface area contributed by atoms with Crippen molar-refractivity contribution in [2.45, 2.75) is 18.5 Å². The summed E-state index contributed by atoms with van der Waals surface area (Å²) in [5.74, 6) is -0.598. The molecule has 0 saturated heterocycles. The zero-order valence-corrected chi connectivity index (χ0v) is 7.56. The van der Waals surface area contributed by atoms with Gasteiger partial charge in [0.2, 0.25) is 0 Å². The van der Waals surface area contributed by atoms with Crippen LogP contribution in [-0.4, -0.2) is 18.5 Å². The van der Waals surface area contributed by atoms with Gasteiger partial charge in [-0.3, -0.25) is 0 Å². The summed E-state index contributed by atoms with van der Waals surface area (Å²) in [6.07, 6.45) is -15.0. The van der Waals surface area contributed by atoms with Crippen LogP contribution in [0.1, 0.15) is 0 Å². The molecule has 1 nitrogen and oxygen atoms in total. The first-order valence-corrected chi connectivity index (χ1v) is 3.97. The molecule has 0 saturated carbocycles. The van der Waals surface area contributed by atoms with E-state index in [2.05, 4.69) is 10.8 Å². The minimum absolute atomic E-state index is 0.598. The third-order valence-electron chi connectivity index (χ3n) is 1.51. The number of ether oxygens (including phenoxy) is 1. The summed E-state index contributed by atoms with van der Waals surface area (Å²) in [6, 6.07) is 6.67. The number of halogens is 6. The number of hydrogen-bond acceptors (Lipinski definition) is 1. The molecule has 0 aliphatic rings. The van der Waals surface area contributed by atoms with E-state index in [0.717, 1.165) is 12.1 Å². The van der Waals surface area contributed by atoms with Crippen molar-refractivity contribution in [3.8, 4) is 5.75 Å². The molecular weight excluding hydrogens is 238 g/mol. The molecule has 16 heavy (non-hydrogen) atoms. The molecule has 0 bridgehead atoms. The van der Waals surface area contributed by atoms with Crippen molar-refractivity contribution in [3.63, 3.8) is 0 Å². The standard InChI is InChI=1S/C9H5F6O/c10-7(8(11,12)13)9(14,15)16-6-4-2-1-3-5-6/h1-2,4-5,7H. The summed E-state index contributed by atoms with van der Waals surface area (Å²) in [7, 11) is 0. The summed E-state index contributed by atoms with van der Waals surface area (Å²) in [6.45, 7) is 0. The zero-order chi connectivity index (χ0) is 12.4. The molecule has 0 aliphatic carbocycles. The van der Waals surface area contributed by atoms with Crippen LogP contribution in [0.5, 0.6) is 5.75 Å². The highest BCUT2D eigenvalue weighted by molar-refractivity contribution is 5.20. The van der Waals surface area contributed by atoms with E-state index in [1.165, 1.54) is 12.1 Å². The Morgan fingerprint density at radius 3 is 2.25 bits per heavy atom. The number of hydrogen-bond donors (Lipinski definition) is 0. The number of benzene rings is 1. The van der Waals surface area contributed by atoms with E-state index < -0.39 is 24.2 Å². The van der Waals surface area contributed by atoms with E-state index in [1.54, 1.807) is 0 Å². The average molecular weight is 243 g/mol. The van der Waals surface area contributed by atoms with Gasteiger partial charge in [0.25, 0.3) is 6.17 Å². The highest BCUT2D eigenvalue weighted by atomic mass is 19.4. The van der Waals surface area contributed by atoms with Gasteiger partial charge in [-0.05, 0) is 18.2 Å². The Labute approximate surface area is 86.6 Å². The minimum Gasteiger partial charge on any atom is -0.430 e. The van der Waals surface area contributed by atoms with E-state index in [-0.39, 0.29) is 0 Å². The lowest BCUT2D eigenvalue weighted by atomic mass is 10.3. The van der Waals surface area contributed by atoms with Gasteiger partial charge in [-0.25, -0.2) is 4.39 Å². The fourth-order valence-corrected chi connectivity index (χ4v) is 0.840. The van der Waals surface area contributed by atoms with Crippen molar-refractivity contribution >= 4 is 0 Å². The SMILES string of the molecule is FC(C(F)(F)F)C(F)(F)Oc1c[c]ccc1. The van der Waals surface area contributed by atoms with Gasteiger partial charge in [0.05, 0.1) is 0 Å². The van der Waals surface area contributed by atoms with Crippen LogP contribution in [0.2, 0.25) is 0 Å². The van der Waals surface area contributed by atoms with Crippen LogP contribution in [0.3, 0.4) is 0 Å². The quantitative estimate of drug-likeness (QED) is 0.739. The third kappa shape index (κ3) is 3.04. The van der Waals surface area contributed by atoms with Crippen molar-refractivity contribution in [3.05, 3.63) is 30.3 Å².